The number of nitrogens with zero attached hydrogens (tertiary/aromatic N) is 1. The first-order chi connectivity index (χ1) is 10.0. The van der Waals surface area contributed by atoms with Gasteiger partial charge in [0.2, 0.25) is 0 Å². The van der Waals surface area contributed by atoms with E-state index in [1.165, 1.54) is 0 Å². The number of nitrogens with one attached hydrogen (secondary N) is 1. The Labute approximate surface area is 130 Å². The van der Waals surface area contributed by atoms with Gasteiger partial charge < -0.3 is 15.3 Å². The van der Waals surface area contributed by atoms with E-state index in [9.17, 15) is 14.7 Å². The maximum absolute atomic E-state index is 12.3. The zero-order chi connectivity index (χ0) is 15.5. The van der Waals surface area contributed by atoms with Crippen molar-refractivity contribution in [2.45, 2.75) is 56.7 Å². The van der Waals surface area contributed by atoms with Crippen molar-refractivity contribution in [3.63, 3.8) is 0 Å². The highest BCUT2D eigenvalue weighted by Crippen LogP contribution is 2.34. The number of aliphatic carboxylic acids is 1. The molecular formula is C15H26N2O3S. The average Bonchev–Trinajstić information content (AvgIpc) is 2.94. The lowest BCUT2D eigenvalue weighted by atomic mass is 9.84. The molecule has 1 atom stereocenters. The first kappa shape index (κ1) is 16.5. The van der Waals surface area contributed by atoms with Gasteiger partial charge in [-0.05, 0) is 44.8 Å². The normalized spacial score (nSPS) is 33.0. The van der Waals surface area contributed by atoms with Crippen molar-refractivity contribution in [1.29, 1.82) is 0 Å². The summed E-state index contributed by atoms with van der Waals surface area (Å²) in [6, 6.07) is 0.168. The molecule has 2 N–H and O–H groups in total. The zero-order valence-corrected chi connectivity index (χ0v) is 13.7. The van der Waals surface area contributed by atoms with Crippen LogP contribution in [0.15, 0.2) is 0 Å². The minimum atomic E-state index is -0.777. The first-order valence-corrected chi connectivity index (χ1v) is 9.11. The molecule has 1 unspecified atom stereocenters. The number of rotatable bonds is 4. The Bertz CT molecular complexity index is 396. The second-order valence-electron chi connectivity index (χ2n) is 6.27. The Kier molecular flexibility index (Phi) is 5.41. The molecule has 0 radical (unpaired) electrons. The molecule has 0 aromatic heterocycles. The van der Waals surface area contributed by atoms with Crippen molar-refractivity contribution in [3.8, 4) is 0 Å². The predicted molar refractivity (Wildman–Crippen MR) is 84.6 cm³/mol. The highest BCUT2D eigenvalue weighted by Gasteiger charge is 2.45. The summed E-state index contributed by atoms with van der Waals surface area (Å²) in [7, 11) is 0. The largest absolute Gasteiger partial charge is 0.481 e. The van der Waals surface area contributed by atoms with Crippen LogP contribution in [0.4, 0.5) is 4.79 Å². The zero-order valence-electron chi connectivity index (χ0n) is 12.9. The second kappa shape index (κ2) is 6.90. The van der Waals surface area contributed by atoms with Crippen molar-refractivity contribution < 1.29 is 14.7 Å². The number of carboxylic acid groups (broad SMARTS) is 1. The van der Waals surface area contributed by atoms with E-state index in [0.29, 0.717) is 25.9 Å². The number of carbonyl (C=O) groups excluding carboxylic acids is 1. The topological polar surface area (TPSA) is 69.6 Å². The summed E-state index contributed by atoms with van der Waals surface area (Å²) in [5, 5.41) is 13.2. The van der Waals surface area contributed by atoms with E-state index in [-0.39, 0.29) is 12.1 Å². The van der Waals surface area contributed by atoms with Gasteiger partial charge in [-0.15, -0.1) is 0 Å². The Morgan fingerprint density at radius 2 is 2.00 bits per heavy atom. The van der Waals surface area contributed by atoms with Crippen molar-refractivity contribution >= 4 is 23.8 Å². The van der Waals surface area contributed by atoms with Crippen molar-refractivity contribution in [3.05, 3.63) is 0 Å². The van der Waals surface area contributed by atoms with Crippen LogP contribution in [0, 0.1) is 5.41 Å². The first-order valence-electron chi connectivity index (χ1n) is 7.82. The fraction of sp³-hybridized carbons (Fsp3) is 0.867. The van der Waals surface area contributed by atoms with Gasteiger partial charge in [-0.3, -0.25) is 4.79 Å². The van der Waals surface area contributed by atoms with E-state index in [4.69, 9.17) is 0 Å². The molecule has 0 aromatic carbocycles. The molecule has 2 amide bonds. The molecule has 1 aliphatic heterocycles. The average molecular weight is 314 g/mol. The molecule has 0 spiro atoms. The highest BCUT2D eigenvalue weighted by molar-refractivity contribution is 7.99. The Morgan fingerprint density at radius 3 is 2.48 bits per heavy atom. The van der Waals surface area contributed by atoms with Crippen LogP contribution < -0.4 is 5.32 Å². The van der Waals surface area contributed by atoms with Gasteiger partial charge in [0.05, 0.1) is 5.41 Å². The van der Waals surface area contributed by atoms with Gasteiger partial charge in [-0.2, -0.15) is 11.8 Å². The van der Waals surface area contributed by atoms with Crippen LogP contribution >= 0.6 is 11.8 Å². The monoisotopic (exact) mass is 314 g/mol. The van der Waals surface area contributed by atoms with Crippen LogP contribution in [-0.4, -0.2) is 52.6 Å². The fourth-order valence-electron chi connectivity index (χ4n) is 3.37. The van der Waals surface area contributed by atoms with Gasteiger partial charge in [-0.25, -0.2) is 4.79 Å². The maximum atomic E-state index is 12.3. The molecule has 1 heterocycles. The van der Waals surface area contributed by atoms with Gasteiger partial charge in [0.15, 0.2) is 0 Å². The predicted octanol–water partition coefficient (Wildman–Crippen LogP) is 2.56. The number of amides is 2. The lowest BCUT2D eigenvalue weighted by Gasteiger charge is -2.30. The quantitative estimate of drug-likeness (QED) is 0.837. The van der Waals surface area contributed by atoms with Gasteiger partial charge in [0, 0.05) is 24.4 Å². The molecule has 21 heavy (non-hydrogen) atoms. The van der Waals surface area contributed by atoms with Crippen molar-refractivity contribution in [1.82, 2.24) is 10.2 Å². The molecule has 5 nitrogen and oxygen atoms in total. The molecule has 2 rings (SSSR count). The standard InChI is InChI=1S/C15H26N2O3S/c1-3-15(13(18)19)8-9-17(10-15)14(20)16-11-4-6-12(21-2)7-5-11/h11-12H,3-10H2,1-2H3,(H,16,20)(H,18,19). The number of urea groups is 1. The lowest BCUT2D eigenvalue weighted by Crippen LogP contribution is -2.46. The minimum absolute atomic E-state index is 0.0841. The number of likely N-dealkylation sites (tertiary alicyclic amines) is 1. The molecule has 6 heteroatoms. The minimum Gasteiger partial charge on any atom is -0.481 e. The molecule has 2 fully saturated rings. The van der Waals surface area contributed by atoms with Crippen molar-refractivity contribution in [2.75, 3.05) is 19.3 Å². The van der Waals surface area contributed by atoms with E-state index in [1.54, 1.807) is 4.90 Å². The lowest BCUT2D eigenvalue weighted by molar-refractivity contribution is -0.148. The third-order valence-electron chi connectivity index (χ3n) is 5.11. The molecule has 0 bridgehead atoms. The third kappa shape index (κ3) is 3.65. The van der Waals surface area contributed by atoms with E-state index in [1.807, 2.05) is 18.7 Å². The summed E-state index contributed by atoms with van der Waals surface area (Å²) < 4.78 is 0. The van der Waals surface area contributed by atoms with E-state index in [0.717, 1.165) is 30.9 Å². The number of thioether (sulfide) groups is 1. The van der Waals surface area contributed by atoms with Crippen LogP contribution in [0.1, 0.15) is 45.4 Å². The summed E-state index contributed by atoms with van der Waals surface area (Å²) in [4.78, 5) is 25.4. The molecule has 2 aliphatic rings. The maximum Gasteiger partial charge on any atom is 0.317 e. The van der Waals surface area contributed by atoms with Gasteiger partial charge in [-0.1, -0.05) is 6.92 Å². The summed E-state index contributed by atoms with van der Waals surface area (Å²) >= 11 is 1.91. The third-order valence-corrected chi connectivity index (χ3v) is 6.24. The van der Waals surface area contributed by atoms with E-state index >= 15 is 0 Å². The molecule has 1 saturated heterocycles. The van der Waals surface area contributed by atoms with Crippen LogP contribution in [0.2, 0.25) is 0 Å². The Hall–Kier alpha value is -0.910. The Balaban J connectivity index is 1.84. The molecular weight excluding hydrogens is 288 g/mol. The summed E-state index contributed by atoms with van der Waals surface area (Å²) in [6.07, 6.45) is 7.65. The van der Waals surface area contributed by atoms with Crippen LogP contribution in [0.25, 0.3) is 0 Å². The van der Waals surface area contributed by atoms with Crippen LogP contribution in [0.3, 0.4) is 0 Å². The summed E-state index contributed by atoms with van der Waals surface area (Å²) in [6.45, 7) is 2.77. The summed E-state index contributed by atoms with van der Waals surface area (Å²) in [5.74, 6) is -0.777. The second-order valence-corrected chi connectivity index (χ2v) is 7.41. The van der Waals surface area contributed by atoms with Gasteiger partial charge >= 0.3 is 12.0 Å². The van der Waals surface area contributed by atoms with E-state index < -0.39 is 11.4 Å². The van der Waals surface area contributed by atoms with Gasteiger partial charge in [0.1, 0.15) is 0 Å². The summed E-state index contributed by atoms with van der Waals surface area (Å²) in [5.41, 5.74) is -0.742. The number of hydrogen-bond acceptors (Lipinski definition) is 3. The number of hydrogen-bond donors (Lipinski definition) is 2. The van der Waals surface area contributed by atoms with E-state index in [2.05, 4.69) is 11.6 Å². The highest BCUT2D eigenvalue weighted by atomic mass is 32.2. The molecule has 1 saturated carbocycles. The Morgan fingerprint density at radius 1 is 1.33 bits per heavy atom. The van der Waals surface area contributed by atoms with Gasteiger partial charge in [0.25, 0.3) is 0 Å². The number of carboxylic acids is 1. The molecule has 0 aromatic rings. The van der Waals surface area contributed by atoms with Crippen molar-refractivity contribution in [2.24, 2.45) is 5.41 Å². The van der Waals surface area contributed by atoms with Crippen LogP contribution in [0.5, 0.6) is 0 Å². The number of carbonyl (C=O) groups is 2. The molecule has 1 aliphatic carbocycles. The van der Waals surface area contributed by atoms with Crippen LogP contribution in [-0.2, 0) is 4.79 Å². The smallest absolute Gasteiger partial charge is 0.317 e. The SMILES string of the molecule is CCC1(C(=O)O)CCN(C(=O)NC2CCC(SC)CC2)C1. The fourth-order valence-corrected chi connectivity index (χ4v) is 4.11. The molecule has 120 valence electrons.